The van der Waals surface area contributed by atoms with Gasteiger partial charge in [0, 0.05) is 44.3 Å². The molecule has 0 spiro atoms. The average Bonchev–Trinajstić information content (AvgIpc) is 2.61. The third kappa shape index (κ3) is 3.78. The second kappa shape index (κ2) is 7.11. The van der Waals surface area contributed by atoms with Crippen LogP contribution in [0.5, 0.6) is 5.75 Å². The highest BCUT2D eigenvalue weighted by Crippen LogP contribution is 2.18. The Morgan fingerprint density at radius 2 is 1.70 bits per heavy atom. The number of benzene rings is 1. The number of pyridine rings is 1. The Bertz CT molecular complexity index is 628. The van der Waals surface area contributed by atoms with Crippen LogP contribution in [-0.2, 0) is 4.79 Å². The number of carboxylic acids is 1. The number of carboxylic acid groups (broad SMARTS) is 1. The minimum Gasteiger partial charge on any atom is -0.477 e. The molecule has 1 unspecified atom stereocenters. The van der Waals surface area contributed by atoms with Crippen LogP contribution in [0.15, 0.2) is 54.9 Å². The van der Waals surface area contributed by atoms with Crippen LogP contribution in [0.25, 0.3) is 0 Å². The lowest BCUT2D eigenvalue weighted by molar-refractivity contribution is -0.155. The van der Waals surface area contributed by atoms with E-state index < -0.39 is 12.2 Å². The summed E-state index contributed by atoms with van der Waals surface area (Å²) in [4.78, 5) is 19.7. The van der Waals surface area contributed by atoms with Crippen molar-refractivity contribution in [3.05, 3.63) is 54.9 Å². The summed E-state index contributed by atoms with van der Waals surface area (Å²) in [5.41, 5.74) is 1.11. The molecule has 2 aromatic rings. The molecular weight excluding hydrogens is 294 g/mol. The van der Waals surface area contributed by atoms with Crippen molar-refractivity contribution in [3.63, 3.8) is 0 Å². The van der Waals surface area contributed by atoms with E-state index in [4.69, 9.17) is 4.74 Å². The predicted octanol–water partition coefficient (Wildman–Crippen LogP) is 1.69. The van der Waals surface area contributed by atoms with Gasteiger partial charge >= 0.3 is 5.97 Å². The maximum Gasteiger partial charge on any atom is 0.360 e. The van der Waals surface area contributed by atoms with Crippen LogP contribution >= 0.6 is 0 Å². The van der Waals surface area contributed by atoms with Crippen molar-refractivity contribution < 1.29 is 14.6 Å². The van der Waals surface area contributed by atoms with Gasteiger partial charge in [-0.1, -0.05) is 18.2 Å². The van der Waals surface area contributed by atoms with Gasteiger partial charge in [-0.2, -0.15) is 0 Å². The van der Waals surface area contributed by atoms with E-state index in [0.717, 1.165) is 18.8 Å². The molecule has 23 heavy (non-hydrogen) atoms. The summed E-state index contributed by atoms with van der Waals surface area (Å²) >= 11 is 0. The highest BCUT2D eigenvalue weighted by Gasteiger charge is 2.30. The van der Waals surface area contributed by atoms with Crippen LogP contribution in [0.4, 0.5) is 5.69 Å². The number of ether oxygens (including phenoxy) is 1. The molecule has 6 nitrogen and oxygen atoms in total. The molecule has 1 aliphatic heterocycles. The molecule has 0 saturated carbocycles. The van der Waals surface area contributed by atoms with E-state index in [-0.39, 0.29) is 0 Å². The molecule has 6 heteroatoms. The van der Waals surface area contributed by atoms with E-state index in [9.17, 15) is 9.90 Å². The van der Waals surface area contributed by atoms with Crippen LogP contribution in [-0.4, -0.2) is 53.4 Å². The predicted molar refractivity (Wildman–Crippen MR) is 86.5 cm³/mol. The van der Waals surface area contributed by atoms with Gasteiger partial charge in [0.15, 0.2) is 0 Å². The van der Waals surface area contributed by atoms with Gasteiger partial charge in [0.05, 0.1) is 0 Å². The quantitative estimate of drug-likeness (QED) is 0.906. The number of anilines is 1. The molecule has 0 aliphatic carbocycles. The van der Waals surface area contributed by atoms with Crippen molar-refractivity contribution in [1.82, 2.24) is 9.88 Å². The molecule has 120 valence electrons. The fourth-order valence-corrected chi connectivity index (χ4v) is 2.68. The first-order chi connectivity index (χ1) is 11.2. The summed E-state index contributed by atoms with van der Waals surface area (Å²) in [5, 5.41) is 9.48. The van der Waals surface area contributed by atoms with E-state index in [2.05, 4.69) is 9.88 Å². The minimum absolute atomic E-state index is 0.566. The first kappa shape index (κ1) is 15.3. The second-order valence-corrected chi connectivity index (χ2v) is 5.35. The number of aromatic nitrogens is 1. The lowest BCUT2D eigenvalue weighted by Crippen LogP contribution is -2.54. The summed E-state index contributed by atoms with van der Waals surface area (Å²) in [6.07, 6.45) is 2.57. The summed E-state index contributed by atoms with van der Waals surface area (Å²) in [6.45, 7) is 2.77. The van der Waals surface area contributed by atoms with Crippen molar-refractivity contribution in [1.29, 1.82) is 0 Å². The standard InChI is InChI=1S/C17H19N3O3/c21-17(22)16(23-15-4-2-1-3-5-15)20-12-10-19(11-13-20)14-6-8-18-9-7-14/h1-9,16H,10-13H2,(H,21,22). The average molecular weight is 313 g/mol. The molecule has 1 atom stereocenters. The Kier molecular flexibility index (Phi) is 4.73. The molecule has 2 heterocycles. The molecule has 1 N–H and O–H groups in total. The number of rotatable bonds is 5. The Labute approximate surface area is 134 Å². The van der Waals surface area contributed by atoms with Gasteiger partial charge in [-0.3, -0.25) is 9.88 Å². The number of carbonyl (C=O) groups is 1. The Morgan fingerprint density at radius 3 is 2.30 bits per heavy atom. The smallest absolute Gasteiger partial charge is 0.360 e. The fraction of sp³-hybridized carbons (Fsp3) is 0.294. The maximum absolute atomic E-state index is 11.6. The molecule has 0 bridgehead atoms. The van der Waals surface area contributed by atoms with E-state index in [1.165, 1.54) is 0 Å². The topological polar surface area (TPSA) is 65.9 Å². The van der Waals surface area contributed by atoms with Crippen molar-refractivity contribution >= 4 is 11.7 Å². The normalized spacial score (nSPS) is 16.8. The zero-order valence-electron chi connectivity index (χ0n) is 12.7. The SMILES string of the molecule is O=C(O)C(Oc1ccccc1)N1CCN(c2ccncc2)CC1. The third-order valence-corrected chi connectivity index (χ3v) is 3.88. The lowest BCUT2D eigenvalue weighted by atomic mass is 10.2. The van der Waals surface area contributed by atoms with Crippen LogP contribution in [0.1, 0.15) is 0 Å². The number of piperazine rings is 1. The largest absolute Gasteiger partial charge is 0.477 e. The third-order valence-electron chi connectivity index (χ3n) is 3.88. The Morgan fingerprint density at radius 1 is 1.04 bits per heavy atom. The van der Waals surface area contributed by atoms with Gasteiger partial charge in [-0.15, -0.1) is 0 Å². The number of hydrogen-bond acceptors (Lipinski definition) is 5. The first-order valence-corrected chi connectivity index (χ1v) is 7.57. The summed E-state index contributed by atoms with van der Waals surface area (Å²) < 4.78 is 5.65. The van der Waals surface area contributed by atoms with Crippen LogP contribution in [0.2, 0.25) is 0 Å². The highest BCUT2D eigenvalue weighted by atomic mass is 16.5. The van der Waals surface area contributed by atoms with Crippen molar-refractivity contribution in [2.75, 3.05) is 31.1 Å². The summed E-state index contributed by atoms with van der Waals surface area (Å²) in [5.74, 6) is -0.400. The number of aliphatic carboxylic acids is 1. The van der Waals surface area contributed by atoms with Crippen molar-refractivity contribution in [2.45, 2.75) is 6.23 Å². The molecule has 1 fully saturated rings. The molecule has 1 saturated heterocycles. The number of hydrogen-bond donors (Lipinski definition) is 1. The molecular formula is C17H19N3O3. The van der Waals surface area contributed by atoms with Crippen LogP contribution < -0.4 is 9.64 Å². The fourth-order valence-electron chi connectivity index (χ4n) is 2.68. The zero-order chi connectivity index (χ0) is 16.1. The minimum atomic E-state index is -0.966. The van der Waals surface area contributed by atoms with E-state index in [1.54, 1.807) is 24.5 Å². The van der Waals surface area contributed by atoms with Gasteiger partial charge in [-0.05, 0) is 24.3 Å². The highest BCUT2D eigenvalue weighted by molar-refractivity contribution is 5.72. The van der Waals surface area contributed by atoms with Gasteiger partial charge < -0.3 is 14.7 Å². The Hall–Kier alpha value is -2.60. The van der Waals surface area contributed by atoms with Gasteiger partial charge in [0.25, 0.3) is 6.23 Å². The lowest BCUT2D eigenvalue weighted by Gasteiger charge is -2.38. The molecule has 0 radical (unpaired) electrons. The molecule has 3 rings (SSSR count). The monoisotopic (exact) mass is 313 g/mol. The second-order valence-electron chi connectivity index (χ2n) is 5.35. The number of nitrogens with zero attached hydrogens (tertiary/aromatic N) is 3. The van der Waals surface area contributed by atoms with Crippen LogP contribution in [0.3, 0.4) is 0 Å². The van der Waals surface area contributed by atoms with Gasteiger partial charge in [-0.25, -0.2) is 4.79 Å². The Balaban J connectivity index is 1.63. The van der Waals surface area contributed by atoms with Crippen LogP contribution in [0, 0.1) is 0 Å². The van der Waals surface area contributed by atoms with E-state index in [1.807, 2.05) is 35.2 Å². The molecule has 1 aliphatic rings. The number of para-hydroxylation sites is 1. The molecule has 1 aromatic carbocycles. The van der Waals surface area contributed by atoms with E-state index >= 15 is 0 Å². The first-order valence-electron chi connectivity index (χ1n) is 7.57. The van der Waals surface area contributed by atoms with Crippen molar-refractivity contribution in [2.24, 2.45) is 0 Å². The van der Waals surface area contributed by atoms with Gasteiger partial charge in [0.1, 0.15) is 5.75 Å². The molecule has 0 amide bonds. The molecule has 1 aromatic heterocycles. The maximum atomic E-state index is 11.6. The van der Waals surface area contributed by atoms with E-state index in [0.29, 0.717) is 18.8 Å². The summed E-state index contributed by atoms with van der Waals surface area (Å²) in [7, 11) is 0. The summed E-state index contributed by atoms with van der Waals surface area (Å²) in [6, 6.07) is 13.0. The van der Waals surface area contributed by atoms with Gasteiger partial charge in [0.2, 0.25) is 0 Å². The zero-order valence-corrected chi connectivity index (χ0v) is 12.7. The van der Waals surface area contributed by atoms with Crippen molar-refractivity contribution in [3.8, 4) is 5.75 Å².